The highest BCUT2D eigenvalue weighted by molar-refractivity contribution is 7.87. The number of ether oxygens (including phenoxy) is 2. The highest BCUT2D eigenvalue weighted by Crippen LogP contribution is 2.60. The quantitative estimate of drug-likeness (QED) is 0.403. The lowest BCUT2D eigenvalue weighted by Crippen LogP contribution is -2.68. The molecule has 12 nitrogen and oxygen atoms in total. The highest BCUT2D eigenvalue weighted by Gasteiger charge is 2.60. The highest BCUT2D eigenvalue weighted by atomic mass is 32.2. The SMILES string of the molecule is COc1ccc2c(c1)C1CC1(NC(=O)N1C3COCC1CN(C)C3)Cn1c-2c(C2CCCCC2)c2ccc(C(=O)NS(=O)(=O)N(C)C)cc21. The van der Waals surface area contributed by atoms with E-state index in [1.807, 2.05) is 23.1 Å². The number of rotatable bonds is 6. The molecular weight excluding hydrogens is 644 g/mol. The van der Waals surface area contributed by atoms with Gasteiger partial charge in [-0.05, 0) is 73.7 Å². The number of methoxy groups -OCH3 is 1. The van der Waals surface area contributed by atoms with Crippen LogP contribution in [0.3, 0.4) is 0 Å². The summed E-state index contributed by atoms with van der Waals surface area (Å²) in [5, 5.41) is 4.63. The molecule has 1 aromatic heterocycles. The van der Waals surface area contributed by atoms with E-state index in [-0.39, 0.29) is 29.6 Å². The van der Waals surface area contributed by atoms with Crippen molar-refractivity contribution in [2.45, 2.75) is 74.5 Å². The fourth-order valence-electron chi connectivity index (χ4n) is 9.05. The molecular formula is C36H46N6O6S. The summed E-state index contributed by atoms with van der Waals surface area (Å²) in [7, 11) is 2.57. The van der Waals surface area contributed by atoms with Crippen molar-refractivity contribution in [3.63, 3.8) is 0 Å². The summed E-state index contributed by atoms with van der Waals surface area (Å²) >= 11 is 0. The van der Waals surface area contributed by atoms with E-state index in [0.717, 1.165) is 83.0 Å². The van der Waals surface area contributed by atoms with E-state index in [0.29, 0.717) is 25.7 Å². The molecule has 3 aromatic rings. The number of nitrogens with zero attached hydrogens (tertiary/aromatic N) is 4. The fraction of sp³-hybridized carbons (Fsp3) is 0.556. The van der Waals surface area contributed by atoms with Crippen LogP contribution in [-0.2, 0) is 21.5 Å². The van der Waals surface area contributed by atoms with Crippen LogP contribution in [0.2, 0.25) is 0 Å². The molecule has 13 heteroatoms. The number of urea groups is 1. The van der Waals surface area contributed by atoms with Crippen LogP contribution in [0.5, 0.6) is 5.75 Å². The van der Waals surface area contributed by atoms with Gasteiger partial charge in [-0.3, -0.25) is 4.79 Å². The Kier molecular flexibility index (Phi) is 7.97. The first kappa shape index (κ1) is 32.5. The summed E-state index contributed by atoms with van der Waals surface area (Å²) < 4.78 is 42.3. The number of hydrogen-bond acceptors (Lipinski definition) is 7. The first-order valence-electron chi connectivity index (χ1n) is 17.5. The summed E-state index contributed by atoms with van der Waals surface area (Å²) in [5.41, 5.74) is 5.29. The van der Waals surface area contributed by atoms with Crippen LogP contribution < -0.4 is 14.8 Å². The first-order chi connectivity index (χ1) is 23.5. The topological polar surface area (TPSA) is 125 Å². The number of aromatic nitrogens is 1. The van der Waals surface area contributed by atoms with Gasteiger partial charge in [-0.1, -0.05) is 25.3 Å². The molecule has 2 saturated heterocycles. The zero-order valence-corrected chi connectivity index (χ0v) is 29.5. The first-order valence-corrected chi connectivity index (χ1v) is 18.9. The molecule has 262 valence electrons. The van der Waals surface area contributed by atoms with Gasteiger partial charge in [-0.25, -0.2) is 9.52 Å². The number of nitrogens with one attached hydrogen (secondary N) is 2. The van der Waals surface area contributed by atoms with Gasteiger partial charge in [0.2, 0.25) is 0 Å². The van der Waals surface area contributed by atoms with E-state index >= 15 is 0 Å². The Bertz CT molecular complexity index is 1920. The number of fused-ring (bicyclic) bond motifs is 9. The van der Waals surface area contributed by atoms with Crippen molar-refractivity contribution in [1.82, 2.24) is 28.7 Å². The number of benzene rings is 2. The molecule has 2 aromatic carbocycles. The predicted molar refractivity (Wildman–Crippen MR) is 186 cm³/mol. The van der Waals surface area contributed by atoms with E-state index in [4.69, 9.17) is 9.47 Å². The van der Waals surface area contributed by atoms with Crippen molar-refractivity contribution in [3.05, 3.63) is 53.1 Å². The molecule has 5 aliphatic rings. The zero-order chi connectivity index (χ0) is 34.2. The van der Waals surface area contributed by atoms with Gasteiger partial charge in [0.25, 0.3) is 5.91 Å². The molecule has 49 heavy (non-hydrogen) atoms. The maximum atomic E-state index is 14.3. The van der Waals surface area contributed by atoms with Gasteiger partial charge in [-0.15, -0.1) is 0 Å². The van der Waals surface area contributed by atoms with E-state index in [2.05, 4.69) is 38.7 Å². The third kappa shape index (κ3) is 5.49. The molecule has 2 bridgehead atoms. The molecule has 4 heterocycles. The Hall–Kier alpha value is -3.65. The number of carbonyl (C=O) groups excluding carboxylic acids is 2. The Labute approximate surface area is 287 Å². The van der Waals surface area contributed by atoms with Gasteiger partial charge in [0.05, 0.1) is 43.6 Å². The van der Waals surface area contributed by atoms with Crippen molar-refractivity contribution in [2.75, 3.05) is 54.6 Å². The largest absolute Gasteiger partial charge is 0.497 e. The number of morpholine rings is 1. The number of carbonyl (C=O) groups is 2. The molecule has 0 spiro atoms. The number of piperazine rings is 1. The van der Waals surface area contributed by atoms with Crippen LogP contribution in [0, 0.1) is 0 Å². The van der Waals surface area contributed by atoms with Gasteiger partial charge in [0.1, 0.15) is 5.75 Å². The predicted octanol–water partition coefficient (Wildman–Crippen LogP) is 3.86. The minimum absolute atomic E-state index is 0.00959. The monoisotopic (exact) mass is 690 g/mol. The van der Waals surface area contributed by atoms with Crippen molar-refractivity contribution >= 4 is 33.1 Å². The smallest absolute Gasteiger partial charge is 0.318 e. The summed E-state index contributed by atoms with van der Waals surface area (Å²) in [6.07, 6.45) is 6.49. The van der Waals surface area contributed by atoms with Crippen LogP contribution in [0.4, 0.5) is 4.79 Å². The fourth-order valence-corrected chi connectivity index (χ4v) is 9.58. The van der Waals surface area contributed by atoms with Gasteiger partial charge < -0.3 is 29.2 Å². The Morgan fingerprint density at radius 3 is 2.45 bits per heavy atom. The minimum Gasteiger partial charge on any atom is -0.497 e. The summed E-state index contributed by atoms with van der Waals surface area (Å²) in [6, 6.07) is 11.8. The Morgan fingerprint density at radius 2 is 1.76 bits per heavy atom. The van der Waals surface area contributed by atoms with Gasteiger partial charge in [0.15, 0.2) is 0 Å². The average molecular weight is 691 g/mol. The van der Waals surface area contributed by atoms with Crippen LogP contribution in [-0.4, -0.2) is 111 Å². The standard InChI is InChI=1S/C36H46N6O6S/c1-39(2)49(45,46)38-34(43)23-10-12-28-31(14-23)41-21-36(37-35(44)42-24-17-40(3)18-25(42)20-48-19-24)16-30(36)29-15-26(47-4)11-13-27(29)33(41)32(28)22-8-6-5-7-9-22/h10-15,22,24-25,30H,5-9,16-21H2,1-4H3,(H,37,44)(H,38,43). The zero-order valence-electron chi connectivity index (χ0n) is 28.7. The normalized spacial score (nSPS) is 26.8. The number of amides is 3. The van der Waals surface area contributed by atoms with Crippen molar-refractivity contribution in [3.8, 4) is 17.0 Å². The molecule has 3 aliphatic heterocycles. The molecule has 2 N–H and O–H groups in total. The number of hydrogen-bond donors (Lipinski definition) is 2. The minimum atomic E-state index is -3.98. The lowest BCUT2D eigenvalue weighted by atomic mass is 9.81. The van der Waals surface area contributed by atoms with Gasteiger partial charge in [0, 0.05) is 61.7 Å². The van der Waals surface area contributed by atoms with Gasteiger partial charge >= 0.3 is 16.2 Å². The summed E-state index contributed by atoms with van der Waals surface area (Å²) in [5.74, 6) is 0.527. The van der Waals surface area contributed by atoms with E-state index in [9.17, 15) is 18.0 Å². The molecule has 8 rings (SSSR count). The third-order valence-electron chi connectivity index (χ3n) is 11.5. The molecule has 4 fully saturated rings. The summed E-state index contributed by atoms with van der Waals surface area (Å²) in [6.45, 7) is 3.11. The van der Waals surface area contributed by atoms with Crippen molar-refractivity contribution < 1.29 is 27.5 Å². The van der Waals surface area contributed by atoms with Crippen molar-refractivity contribution in [2.24, 2.45) is 0 Å². The lowest BCUT2D eigenvalue weighted by molar-refractivity contribution is -0.0699. The maximum absolute atomic E-state index is 14.3. The molecule has 3 amide bonds. The van der Waals surface area contributed by atoms with Crippen LogP contribution in [0.1, 0.15) is 71.8 Å². The molecule has 2 aliphatic carbocycles. The molecule has 2 saturated carbocycles. The van der Waals surface area contributed by atoms with Crippen LogP contribution in [0.15, 0.2) is 36.4 Å². The van der Waals surface area contributed by atoms with Gasteiger partial charge in [-0.2, -0.15) is 12.7 Å². The molecule has 4 atom stereocenters. The lowest BCUT2D eigenvalue weighted by Gasteiger charge is -2.49. The number of likely N-dealkylation sites (N-methyl/N-ethyl adjacent to an activating group) is 1. The van der Waals surface area contributed by atoms with E-state index < -0.39 is 21.7 Å². The molecule has 0 radical (unpaired) electrons. The Morgan fingerprint density at radius 1 is 1.02 bits per heavy atom. The second-order valence-electron chi connectivity index (χ2n) is 14.9. The second-order valence-corrected chi connectivity index (χ2v) is 16.8. The van der Waals surface area contributed by atoms with E-state index in [1.165, 1.54) is 26.1 Å². The second kappa shape index (κ2) is 12.0. The average Bonchev–Trinajstić information content (AvgIpc) is 3.70. The molecule has 4 unspecified atom stereocenters. The van der Waals surface area contributed by atoms with Crippen LogP contribution >= 0.6 is 0 Å². The van der Waals surface area contributed by atoms with Crippen LogP contribution in [0.25, 0.3) is 22.2 Å². The maximum Gasteiger partial charge on any atom is 0.318 e. The van der Waals surface area contributed by atoms with Crippen molar-refractivity contribution in [1.29, 1.82) is 0 Å². The van der Waals surface area contributed by atoms with E-state index in [1.54, 1.807) is 13.2 Å². The summed E-state index contributed by atoms with van der Waals surface area (Å²) in [4.78, 5) is 32.0. The third-order valence-corrected chi connectivity index (χ3v) is 12.9. The Balaban J connectivity index is 1.27.